The lowest BCUT2D eigenvalue weighted by atomic mass is 9.97. The molecule has 1 rings (SSSR count). The van der Waals surface area contributed by atoms with E-state index in [4.69, 9.17) is 23.2 Å². The molecule has 0 spiro atoms. The number of benzene rings is 1. The molecule has 0 N–H and O–H groups in total. The van der Waals surface area contributed by atoms with Gasteiger partial charge in [0, 0.05) is 10.4 Å². The lowest BCUT2D eigenvalue weighted by molar-refractivity contribution is 0.526. The number of rotatable bonds is 4. The van der Waals surface area contributed by atoms with Crippen LogP contribution in [0.25, 0.3) is 0 Å². The van der Waals surface area contributed by atoms with Crippen LogP contribution >= 0.6 is 23.2 Å². The molecule has 14 heavy (non-hydrogen) atoms. The van der Waals surface area contributed by atoms with Crippen LogP contribution in [0.1, 0.15) is 25.8 Å². The van der Waals surface area contributed by atoms with Gasteiger partial charge in [0.1, 0.15) is 0 Å². The van der Waals surface area contributed by atoms with Crippen molar-refractivity contribution in [3.8, 4) is 0 Å². The van der Waals surface area contributed by atoms with E-state index in [-0.39, 0.29) is 5.38 Å². The van der Waals surface area contributed by atoms with E-state index in [0.29, 0.717) is 5.92 Å². The molecule has 0 saturated heterocycles. The summed E-state index contributed by atoms with van der Waals surface area (Å²) >= 11 is 12.0. The highest BCUT2D eigenvalue weighted by atomic mass is 35.5. The molecule has 0 radical (unpaired) electrons. The third kappa shape index (κ3) is 3.89. The Hall–Kier alpha value is -0.200. The second-order valence-electron chi connectivity index (χ2n) is 3.92. The predicted molar refractivity (Wildman–Crippen MR) is 64.3 cm³/mol. The normalized spacial score (nSPS) is 15.1. The molecular formula is C12H16Cl2. The van der Waals surface area contributed by atoms with Gasteiger partial charge in [-0.15, -0.1) is 11.6 Å². The lowest BCUT2D eigenvalue weighted by Crippen LogP contribution is -2.05. The van der Waals surface area contributed by atoms with Crippen LogP contribution in [0.15, 0.2) is 24.3 Å². The maximum atomic E-state index is 6.07. The fourth-order valence-electron chi connectivity index (χ4n) is 1.68. The van der Waals surface area contributed by atoms with E-state index in [0.717, 1.165) is 17.9 Å². The van der Waals surface area contributed by atoms with Crippen molar-refractivity contribution in [2.45, 2.75) is 32.1 Å². The van der Waals surface area contributed by atoms with Crippen LogP contribution in [-0.2, 0) is 6.42 Å². The van der Waals surface area contributed by atoms with Crippen molar-refractivity contribution < 1.29 is 0 Å². The van der Waals surface area contributed by atoms with Crippen LogP contribution in [-0.4, -0.2) is 5.38 Å². The second kappa shape index (κ2) is 5.63. The predicted octanol–water partition coefficient (Wildman–Crippen LogP) is 4.54. The van der Waals surface area contributed by atoms with E-state index in [2.05, 4.69) is 13.0 Å². The van der Waals surface area contributed by atoms with E-state index in [1.54, 1.807) is 0 Å². The van der Waals surface area contributed by atoms with Crippen molar-refractivity contribution in [3.63, 3.8) is 0 Å². The standard InChI is InChI=1S/C12H16Cl2/c1-9(7-10(2)13)8-11-5-3-4-6-12(11)14/h3-6,9-10H,7-8H2,1-2H3. The first kappa shape index (κ1) is 11.9. The Balaban J connectivity index is 2.56. The quantitative estimate of drug-likeness (QED) is 0.667. The van der Waals surface area contributed by atoms with Crippen molar-refractivity contribution in [1.82, 2.24) is 0 Å². The van der Waals surface area contributed by atoms with Gasteiger partial charge in [-0.3, -0.25) is 0 Å². The number of halogens is 2. The van der Waals surface area contributed by atoms with Gasteiger partial charge < -0.3 is 0 Å². The minimum Gasteiger partial charge on any atom is -0.123 e. The molecule has 0 amide bonds. The fraction of sp³-hybridized carbons (Fsp3) is 0.500. The summed E-state index contributed by atoms with van der Waals surface area (Å²) in [6.45, 7) is 4.24. The highest BCUT2D eigenvalue weighted by Crippen LogP contribution is 2.21. The molecule has 2 atom stereocenters. The van der Waals surface area contributed by atoms with Gasteiger partial charge in [0.05, 0.1) is 0 Å². The number of alkyl halides is 1. The van der Waals surface area contributed by atoms with Gasteiger partial charge in [0.25, 0.3) is 0 Å². The van der Waals surface area contributed by atoms with Gasteiger partial charge in [0.15, 0.2) is 0 Å². The third-order valence-corrected chi connectivity index (χ3v) is 2.80. The zero-order valence-electron chi connectivity index (χ0n) is 8.63. The van der Waals surface area contributed by atoms with Crippen LogP contribution in [0.2, 0.25) is 5.02 Å². The molecule has 0 aliphatic carbocycles. The molecule has 0 bridgehead atoms. The molecule has 0 fully saturated rings. The maximum absolute atomic E-state index is 6.07. The molecular weight excluding hydrogens is 215 g/mol. The van der Waals surface area contributed by atoms with Gasteiger partial charge in [-0.25, -0.2) is 0 Å². The summed E-state index contributed by atoms with van der Waals surface area (Å²) in [5.74, 6) is 0.586. The highest BCUT2D eigenvalue weighted by molar-refractivity contribution is 6.31. The van der Waals surface area contributed by atoms with E-state index in [1.165, 1.54) is 5.56 Å². The smallest absolute Gasteiger partial charge is 0.0438 e. The van der Waals surface area contributed by atoms with E-state index in [9.17, 15) is 0 Å². The third-order valence-electron chi connectivity index (χ3n) is 2.25. The first-order valence-electron chi connectivity index (χ1n) is 4.97. The Labute approximate surface area is 96.2 Å². The Morgan fingerprint density at radius 3 is 2.43 bits per heavy atom. The van der Waals surface area contributed by atoms with Crippen LogP contribution in [0.3, 0.4) is 0 Å². The Kier molecular flexibility index (Phi) is 4.77. The minimum absolute atomic E-state index is 0.243. The SMILES string of the molecule is CC(Cl)CC(C)Cc1ccccc1Cl. The molecule has 0 aliphatic rings. The molecule has 2 heteroatoms. The van der Waals surface area contributed by atoms with Crippen molar-refractivity contribution in [3.05, 3.63) is 34.9 Å². The Morgan fingerprint density at radius 1 is 1.21 bits per heavy atom. The zero-order chi connectivity index (χ0) is 10.6. The van der Waals surface area contributed by atoms with Crippen molar-refractivity contribution >= 4 is 23.2 Å². The largest absolute Gasteiger partial charge is 0.123 e. The first-order valence-corrected chi connectivity index (χ1v) is 5.78. The van der Waals surface area contributed by atoms with Gasteiger partial charge >= 0.3 is 0 Å². The lowest BCUT2D eigenvalue weighted by Gasteiger charge is -2.13. The van der Waals surface area contributed by atoms with Crippen molar-refractivity contribution in [2.24, 2.45) is 5.92 Å². The molecule has 0 heterocycles. The summed E-state index contributed by atoms with van der Waals surface area (Å²) < 4.78 is 0. The molecule has 0 nitrogen and oxygen atoms in total. The molecule has 0 aliphatic heterocycles. The van der Waals surface area contributed by atoms with E-state index >= 15 is 0 Å². The van der Waals surface area contributed by atoms with Crippen LogP contribution in [0, 0.1) is 5.92 Å². The monoisotopic (exact) mass is 230 g/mol. The van der Waals surface area contributed by atoms with E-state index in [1.807, 2.05) is 25.1 Å². The summed E-state index contributed by atoms with van der Waals surface area (Å²) in [7, 11) is 0. The zero-order valence-corrected chi connectivity index (χ0v) is 10.1. The average Bonchev–Trinajstić information content (AvgIpc) is 2.07. The molecule has 1 aromatic carbocycles. The molecule has 0 aromatic heterocycles. The molecule has 2 unspecified atom stereocenters. The van der Waals surface area contributed by atoms with Gasteiger partial charge in [-0.2, -0.15) is 0 Å². The summed E-state index contributed by atoms with van der Waals surface area (Å²) in [5.41, 5.74) is 1.22. The van der Waals surface area contributed by atoms with Crippen LogP contribution < -0.4 is 0 Å². The summed E-state index contributed by atoms with van der Waals surface area (Å²) in [5, 5.41) is 1.11. The highest BCUT2D eigenvalue weighted by Gasteiger charge is 2.08. The van der Waals surface area contributed by atoms with Gasteiger partial charge in [-0.1, -0.05) is 36.7 Å². The summed E-state index contributed by atoms with van der Waals surface area (Å²) in [6.07, 6.45) is 2.05. The molecule has 78 valence electrons. The van der Waals surface area contributed by atoms with E-state index < -0.39 is 0 Å². The Morgan fingerprint density at radius 2 is 1.86 bits per heavy atom. The topological polar surface area (TPSA) is 0 Å². The summed E-state index contributed by atoms with van der Waals surface area (Å²) in [4.78, 5) is 0. The number of hydrogen-bond donors (Lipinski definition) is 0. The van der Waals surface area contributed by atoms with Gasteiger partial charge in [-0.05, 0) is 37.3 Å². The summed E-state index contributed by atoms with van der Waals surface area (Å²) in [6, 6.07) is 8.00. The second-order valence-corrected chi connectivity index (χ2v) is 5.07. The van der Waals surface area contributed by atoms with Crippen molar-refractivity contribution in [1.29, 1.82) is 0 Å². The number of hydrogen-bond acceptors (Lipinski definition) is 0. The average molecular weight is 231 g/mol. The van der Waals surface area contributed by atoms with Crippen LogP contribution in [0.5, 0.6) is 0 Å². The first-order chi connectivity index (χ1) is 6.59. The Bertz CT molecular complexity index is 281. The van der Waals surface area contributed by atoms with Crippen molar-refractivity contribution in [2.75, 3.05) is 0 Å². The fourth-order valence-corrected chi connectivity index (χ4v) is 2.19. The maximum Gasteiger partial charge on any atom is 0.0438 e. The molecule has 0 saturated carbocycles. The molecule has 1 aromatic rings. The van der Waals surface area contributed by atoms with Crippen LogP contribution in [0.4, 0.5) is 0 Å². The minimum atomic E-state index is 0.243. The van der Waals surface area contributed by atoms with Gasteiger partial charge in [0.2, 0.25) is 0 Å².